The number of fused-ring (bicyclic) bond motifs is 1. The first-order valence-corrected chi connectivity index (χ1v) is 8.82. The Bertz CT molecular complexity index is 892. The van der Waals surface area contributed by atoms with Gasteiger partial charge >= 0.3 is 0 Å². The molecule has 0 saturated carbocycles. The standard InChI is InChI=1S/C17H19NO5S/c1-11-7-16(21-4)17(8-12(11)2)24(19,20)18(3)13-5-6-14-15(9-13)23-10-22-14/h5-9H,10H2,1-4H3. The summed E-state index contributed by atoms with van der Waals surface area (Å²) in [6.45, 7) is 3.92. The summed E-state index contributed by atoms with van der Waals surface area (Å²) in [6.07, 6.45) is 0. The minimum absolute atomic E-state index is 0.133. The highest BCUT2D eigenvalue weighted by Crippen LogP contribution is 2.37. The van der Waals surface area contributed by atoms with E-state index in [1.54, 1.807) is 30.3 Å². The number of anilines is 1. The molecule has 6 nitrogen and oxygen atoms in total. The number of aryl methyl sites for hydroxylation is 2. The van der Waals surface area contributed by atoms with Crippen LogP contribution in [0.1, 0.15) is 11.1 Å². The third-order valence-corrected chi connectivity index (χ3v) is 5.94. The van der Waals surface area contributed by atoms with Crippen LogP contribution in [0, 0.1) is 13.8 Å². The van der Waals surface area contributed by atoms with E-state index >= 15 is 0 Å². The molecule has 1 heterocycles. The van der Waals surface area contributed by atoms with Crippen molar-refractivity contribution in [1.29, 1.82) is 0 Å². The Hall–Kier alpha value is -2.41. The highest BCUT2D eigenvalue weighted by Gasteiger charge is 2.27. The van der Waals surface area contributed by atoms with Gasteiger partial charge in [0.2, 0.25) is 6.79 Å². The minimum Gasteiger partial charge on any atom is -0.495 e. The topological polar surface area (TPSA) is 65.1 Å². The van der Waals surface area contributed by atoms with Crippen molar-refractivity contribution in [2.75, 3.05) is 25.3 Å². The number of benzene rings is 2. The van der Waals surface area contributed by atoms with Gasteiger partial charge in [-0.3, -0.25) is 4.31 Å². The molecule has 0 N–H and O–H groups in total. The molecule has 128 valence electrons. The van der Waals surface area contributed by atoms with Gasteiger partial charge in [0.15, 0.2) is 11.5 Å². The Morgan fingerprint density at radius 2 is 1.71 bits per heavy atom. The van der Waals surface area contributed by atoms with Crippen LogP contribution in [-0.4, -0.2) is 29.4 Å². The van der Waals surface area contributed by atoms with E-state index in [-0.39, 0.29) is 11.7 Å². The van der Waals surface area contributed by atoms with Gasteiger partial charge in [-0.05, 0) is 49.2 Å². The number of methoxy groups -OCH3 is 1. The molecule has 0 aromatic heterocycles. The van der Waals surface area contributed by atoms with Gasteiger partial charge in [0.1, 0.15) is 10.6 Å². The smallest absolute Gasteiger partial charge is 0.267 e. The zero-order valence-corrected chi connectivity index (χ0v) is 14.8. The molecule has 7 heteroatoms. The second kappa shape index (κ2) is 5.90. The Morgan fingerprint density at radius 3 is 2.42 bits per heavy atom. The largest absolute Gasteiger partial charge is 0.495 e. The highest BCUT2D eigenvalue weighted by molar-refractivity contribution is 7.92. The van der Waals surface area contributed by atoms with E-state index in [4.69, 9.17) is 14.2 Å². The molecule has 2 aromatic carbocycles. The van der Waals surface area contributed by atoms with Gasteiger partial charge in [-0.25, -0.2) is 8.42 Å². The van der Waals surface area contributed by atoms with Gasteiger partial charge in [-0.1, -0.05) is 0 Å². The molecule has 1 aliphatic heterocycles. The number of nitrogens with zero attached hydrogens (tertiary/aromatic N) is 1. The number of rotatable bonds is 4. The van der Waals surface area contributed by atoms with Crippen LogP contribution < -0.4 is 18.5 Å². The quantitative estimate of drug-likeness (QED) is 0.849. The summed E-state index contributed by atoms with van der Waals surface area (Å²) in [4.78, 5) is 0.133. The van der Waals surface area contributed by atoms with Crippen LogP contribution >= 0.6 is 0 Å². The summed E-state index contributed by atoms with van der Waals surface area (Å²) < 4.78 is 43.2. The summed E-state index contributed by atoms with van der Waals surface area (Å²) >= 11 is 0. The zero-order valence-electron chi connectivity index (χ0n) is 14.0. The SMILES string of the molecule is COc1cc(C)c(C)cc1S(=O)(=O)N(C)c1ccc2c(c1)OCO2. The molecule has 0 spiro atoms. The van der Waals surface area contributed by atoms with Crippen molar-refractivity contribution >= 4 is 15.7 Å². The lowest BCUT2D eigenvalue weighted by molar-refractivity contribution is 0.174. The van der Waals surface area contributed by atoms with Crippen LogP contribution in [0.5, 0.6) is 17.2 Å². The maximum Gasteiger partial charge on any atom is 0.267 e. The molecule has 0 bridgehead atoms. The maximum absolute atomic E-state index is 13.0. The summed E-state index contributed by atoms with van der Waals surface area (Å²) in [5, 5.41) is 0. The van der Waals surface area contributed by atoms with Crippen molar-refractivity contribution in [3.8, 4) is 17.2 Å². The molecular weight excluding hydrogens is 330 g/mol. The second-order valence-corrected chi connectivity index (χ2v) is 7.54. The van der Waals surface area contributed by atoms with E-state index in [2.05, 4.69) is 0 Å². The first-order chi connectivity index (χ1) is 11.3. The Balaban J connectivity index is 2.06. The molecule has 2 aromatic rings. The van der Waals surface area contributed by atoms with Crippen LogP contribution in [-0.2, 0) is 10.0 Å². The number of hydrogen-bond donors (Lipinski definition) is 0. The highest BCUT2D eigenvalue weighted by atomic mass is 32.2. The van der Waals surface area contributed by atoms with E-state index < -0.39 is 10.0 Å². The monoisotopic (exact) mass is 349 g/mol. The zero-order chi connectivity index (χ0) is 17.5. The van der Waals surface area contributed by atoms with Crippen LogP contribution in [0.2, 0.25) is 0 Å². The third kappa shape index (κ3) is 2.65. The normalized spacial score (nSPS) is 13.0. The third-order valence-electron chi connectivity index (χ3n) is 4.14. The molecule has 0 unspecified atom stereocenters. The van der Waals surface area contributed by atoms with Crippen molar-refractivity contribution < 1.29 is 22.6 Å². The van der Waals surface area contributed by atoms with Crippen molar-refractivity contribution in [2.24, 2.45) is 0 Å². The summed E-state index contributed by atoms with van der Waals surface area (Å²) in [5.41, 5.74) is 2.34. The lowest BCUT2D eigenvalue weighted by Crippen LogP contribution is -2.27. The first-order valence-electron chi connectivity index (χ1n) is 7.38. The maximum atomic E-state index is 13.0. The van der Waals surface area contributed by atoms with Gasteiger partial charge in [0.25, 0.3) is 10.0 Å². The van der Waals surface area contributed by atoms with Crippen molar-refractivity contribution in [3.05, 3.63) is 41.5 Å². The molecule has 24 heavy (non-hydrogen) atoms. The number of ether oxygens (including phenoxy) is 3. The second-order valence-electron chi connectivity index (χ2n) is 5.60. The summed E-state index contributed by atoms with van der Waals surface area (Å²) in [7, 11) is -0.816. The molecule has 0 radical (unpaired) electrons. The fourth-order valence-corrected chi connectivity index (χ4v) is 3.90. The summed E-state index contributed by atoms with van der Waals surface area (Å²) in [5.74, 6) is 1.46. The molecule has 0 saturated heterocycles. The Kier molecular flexibility index (Phi) is 4.04. The van der Waals surface area contributed by atoms with Crippen molar-refractivity contribution in [2.45, 2.75) is 18.7 Å². The molecule has 3 rings (SSSR count). The van der Waals surface area contributed by atoms with Crippen LogP contribution in [0.15, 0.2) is 35.2 Å². The minimum atomic E-state index is -3.78. The molecule has 0 amide bonds. The number of sulfonamides is 1. The molecule has 0 atom stereocenters. The molecule has 0 fully saturated rings. The molecule has 0 aliphatic carbocycles. The lowest BCUT2D eigenvalue weighted by atomic mass is 10.1. The van der Waals surface area contributed by atoms with Gasteiger partial charge in [-0.15, -0.1) is 0 Å². The fourth-order valence-electron chi connectivity index (χ4n) is 2.49. The van der Waals surface area contributed by atoms with Gasteiger partial charge in [0.05, 0.1) is 12.8 Å². The van der Waals surface area contributed by atoms with Gasteiger partial charge in [-0.2, -0.15) is 0 Å². The van der Waals surface area contributed by atoms with Crippen LogP contribution in [0.4, 0.5) is 5.69 Å². The van der Waals surface area contributed by atoms with E-state index in [9.17, 15) is 8.42 Å². The van der Waals surface area contributed by atoms with Gasteiger partial charge in [0, 0.05) is 13.1 Å². The molecule has 1 aliphatic rings. The van der Waals surface area contributed by atoms with E-state index in [0.29, 0.717) is 22.9 Å². The average molecular weight is 349 g/mol. The van der Waals surface area contributed by atoms with Crippen molar-refractivity contribution in [3.63, 3.8) is 0 Å². The summed E-state index contributed by atoms with van der Waals surface area (Å²) in [6, 6.07) is 8.38. The van der Waals surface area contributed by atoms with E-state index in [0.717, 1.165) is 11.1 Å². The predicted molar refractivity (Wildman–Crippen MR) is 90.6 cm³/mol. The van der Waals surface area contributed by atoms with Crippen LogP contribution in [0.3, 0.4) is 0 Å². The Morgan fingerprint density at radius 1 is 1.04 bits per heavy atom. The lowest BCUT2D eigenvalue weighted by Gasteiger charge is -2.22. The fraction of sp³-hybridized carbons (Fsp3) is 0.294. The van der Waals surface area contributed by atoms with Crippen molar-refractivity contribution in [1.82, 2.24) is 0 Å². The van der Waals surface area contributed by atoms with Crippen LogP contribution in [0.25, 0.3) is 0 Å². The van der Waals surface area contributed by atoms with E-state index in [1.807, 2.05) is 13.8 Å². The Labute approximate surface area is 141 Å². The predicted octanol–water partition coefficient (Wildman–Crippen LogP) is 2.87. The number of hydrogen-bond acceptors (Lipinski definition) is 5. The molecular formula is C17H19NO5S. The van der Waals surface area contributed by atoms with E-state index in [1.165, 1.54) is 18.5 Å². The first kappa shape index (κ1) is 16.4. The van der Waals surface area contributed by atoms with Gasteiger partial charge < -0.3 is 14.2 Å². The average Bonchev–Trinajstić information content (AvgIpc) is 3.03.